The van der Waals surface area contributed by atoms with Crippen molar-refractivity contribution in [3.8, 4) is 0 Å². The van der Waals surface area contributed by atoms with Gasteiger partial charge < -0.3 is 16.4 Å². The largest absolute Gasteiger partial charge is 0.398 e. The Bertz CT molecular complexity index is 484. The molecule has 0 aliphatic carbocycles. The van der Waals surface area contributed by atoms with Crippen LogP contribution in [0.1, 0.15) is 38.1 Å². The summed E-state index contributed by atoms with van der Waals surface area (Å²) in [6.07, 6.45) is 0. The van der Waals surface area contributed by atoms with Crippen LogP contribution in [0.4, 0.5) is 11.4 Å². The van der Waals surface area contributed by atoms with E-state index < -0.39 is 0 Å². The van der Waals surface area contributed by atoms with Gasteiger partial charge in [-0.3, -0.25) is 9.59 Å². The molecule has 0 spiro atoms. The molecule has 1 aromatic rings. The molecule has 0 fully saturated rings. The molecule has 0 aliphatic rings. The minimum absolute atomic E-state index is 0.0744. The SMILES string of the molecule is CC(=O)c1ccc(NC(C)C(=O)NC(C)C)cc1N. The third-order valence-corrected chi connectivity index (χ3v) is 2.64. The molecule has 1 atom stereocenters. The third kappa shape index (κ3) is 4.28. The highest BCUT2D eigenvalue weighted by atomic mass is 16.2. The van der Waals surface area contributed by atoms with Crippen LogP contribution in [0.2, 0.25) is 0 Å². The maximum absolute atomic E-state index is 11.8. The zero-order valence-corrected chi connectivity index (χ0v) is 11.8. The zero-order chi connectivity index (χ0) is 14.6. The van der Waals surface area contributed by atoms with Crippen molar-refractivity contribution in [3.63, 3.8) is 0 Å². The summed E-state index contributed by atoms with van der Waals surface area (Å²) in [6.45, 7) is 7.05. The first-order chi connectivity index (χ1) is 8.81. The lowest BCUT2D eigenvalue weighted by atomic mass is 10.1. The fourth-order valence-electron chi connectivity index (χ4n) is 1.70. The Hall–Kier alpha value is -2.04. The summed E-state index contributed by atoms with van der Waals surface area (Å²) in [6, 6.07) is 4.79. The van der Waals surface area contributed by atoms with Crippen LogP contribution < -0.4 is 16.4 Å². The Kier molecular flexibility index (Phi) is 4.92. The number of hydrogen-bond acceptors (Lipinski definition) is 4. The second kappa shape index (κ2) is 6.22. The van der Waals surface area contributed by atoms with Crippen LogP contribution in [0.15, 0.2) is 18.2 Å². The number of benzene rings is 1. The molecule has 0 radical (unpaired) electrons. The predicted molar refractivity (Wildman–Crippen MR) is 77.2 cm³/mol. The number of Topliss-reactive ketones (excluding diaryl/α,β-unsaturated/α-hetero) is 1. The standard InChI is InChI=1S/C14H21N3O2/c1-8(2)16-14(19)9(3)17-11-5-6-12(10(4)18)13(15)7-11/h5-9,17H,15H2,1-4H3,(H,16,19). The van der Waals surface area contributed by atoms with Gasteiger partial charge in [-0.15, -0.1) is 0 Å². The highest BCUT2D eigenvalue weighted by Gasteiger charge is 2.14. The quantitative estimate of drug-likeness (QED) is 0.558. The fourth-order valence-corrected chi connectivity index (χ4v) is 1.70. The van der Waals surface area contributed by atoms with Crippen molar-refractivity contribution in [2.75, 3.05) is 11.1 Å². The van der Waals surface area contributed by atoms with Gasteiger partial charge in [0.25, 0.3) is 0 Å². The number of nitrogens with two attached hydrogens (primary N) is 1. The molecule has 5 nitrogen and oxygen atoms in total. The molecule has 1 unspecified atom stereocenters. The molecule has 0 saturated heterocycles. The maximum Gasteiger partial charge on any atom is 0.242 e. The molecular weight excluding hydrogens is 242 g/mol. The Morgan fingerprint density at radius 3 is 2.32 bits per heavy atom. The van der Waals surface area contributed by atoms with Crippen LogP contribution in [0.25, 0.3) is 0 Å². The van der Waals surface area contributed by atoms with Crippen molar-refractivity contribution >= 4 is 23.1 Å². The van der Waals surface area contributed by atoms with Crippen LogP contribution in [-0.4, -0.2) is 23.8 Å². The number of rotatable bonds is 5. The van der Waals surface area contributed by atoms with Gasteiger partial charge in [0, 0.05) is 23.0 Å². The Morgan fingerprint density at radius 2 is 1.84 bits per heavy atom. The average molecular weight is 263 g/mol. The van der Waals surface area contributed by atoms with Crippen molar-refractivity contribution in [2.24, 2.45) is 0 Å². The lowest BCUT2D eigenvalue weighted by Crippen LogP contribution is -2.40. The molecule has 0 aliphatic heterocycles. The van der Waals surface area contributed by atoms with E-state index in [-0.39, 0.29) is 23.8 Å². The second-order valence-electron chi connectivity index (χ2n) is 4.89. The summed E-state index contributed by atoms with van der Waals surface area (Å²) >= 11 is 0. The smallest absolute Gasteiger partial charge is 0.242 e. The summed E-state index contributed by atoms with van der Waals surface area (Å²) in [7, 11) is 0. The lowest BCUT2D eigenvalue weighted by Gasteiger charge is -2.17. The number of hydrogen-bond donors (Lipinski definition) is 3. The number of anilines is 2. The lowest BCUT2D eigenvalue weighted by molar-refractivity contribution is -0.122. The molecule has 1 aromatic carbocycles. The Balaban J connectivity index is 2.75. The van der Waals surface area contributed by atoms with Crippen molar-refractivity contribution in [1.82, 2.24) is 5.32 Å². The van der Waals surface area contributed by atoms with E-state index in [4.69, 9.17) is 5.73 Å². The highest BCUT2D eigenvalue weighted by molar-refractivity contribution is 5.99. The molecule has 5 heteroatoms. The number of carbonyl (C=O) groups is 2. The molecule has 19 heavy (non-hydrogen) atoms. The zero-order valence-electron chi connectivity index (χ0n) is 11.8. The van der Waals surface area contributed by atoms with E-state index in [1.54, 1.807) is 25.1 Å². The van der Waals surface area contributed by atoms with E-state index in [0.29, 0.717) is 16.9 Å². The van der Waals surface area contributed by atoms with Gasteiger partial charge in [-0.1, -0.05) is 0 Å². The normalized spacial score (nSPS) is 12.1. The molecule has 4 N–H and O–H groups in total. The summed E-state index contributed by atoms with van der Waals surface area (Å²) < 4.78 is 0. The van der Waals surface area contributed by atoms with Crippen molar-refractivity contribution < 1.29 is 9.59 Å². The van der Waals surface area contributed by atoms with Gasteiger partial charge in [0.15, 0.2) is 5.78 Å². The predicted octanol–water partition coefficient (Wildman–Crippen LogP) is 1.80. The van der Waals surface area contributed by atoms with E-state index in [9.17, 15) is 9.59 Å². The number of nitrogen functional groups attached to an aromatic ring is 1. The van der Waals surface area contributed by atoms with Crippen LogP contribution in [0.5, 0.6) is 0 Å². The Labute approximate surface area is 113 Å². The fraction of sp³-hybridized carbons (Fsp3) is 0.429. The van der Waals surface area contributed by atoms with Gasteiger partial charge >= 0.3 is 0 Å². The van der Waals surface area contributed by atoms with Gasteiger partial charge in [-0.2, -0.15) is 0 Å². The molecule has 0 aromatic heterocycles. The van der Waals surface area contributed by atoms with Gasteiger partial charge in [0.2, 0.25) is 5.91 Å². The summed E-state index contributed by atoms with van der Waals surface area (Å²) in [5.74, 6) is -0.154. The molecule has 1 rings (SSSR count). The van der Waals surface area contributed by atoms with Crippen LogP contribution in [0, 0.1) is 0 Å². The summed E-state index contributed by atoms with van der Waals surface area (Å²) in [4.78, 5) is 23.0. The molecule has 0 saturated carbocycles. The van der Waals surface area contributed by atoms with Crippen molar-refractivity contribution in [1.29, 1.82) is 0 Å². The minimum atomic E-state index is -0.370. The number of carbonyl (C=O) groups excluding carboxylic acids is 2. The average Bonchev–Trinajstić information content (AvgIpc) is 2.27. The number of ketones is 1. The molecule has 1 amide bonds. The van der Waals surface area contributed by atoms with Gasteiger partial charge in [-0.25, -0.2) is 0 Å². The first-order valence-electron chi connectivity index (χ1n) is 6.28. The van der Waals surface area contributed by atoms with E-state index in [2.05, 4.69) is 10.6 Å². The molecule has 0 heterocycles. The van der Waals surface area contributed by atoms with Crippen molar-refractivity contribution in [2.45, 2.75) is 39.8 Å². The summed E-state index contributed by atoms with van der Waals surface area (Å²) in [5, 5.41) is 5.87. The monoisotopic (exact) mass is 263 g/mol. The second-order valence-corrected chi connectivity index (χ2v) is 4.89. The third-order valence-electron chi connectivity index (χ3n) is 2.64. The molecular formula is C14H21N3O2. The van der Waals surface area contributed by atoms with E-state index >= 15 is 0 Å². The van der Waals surface area contributed by atoms with E-state index in [1.807, 2.05) is 13.8 Å². The van der Waals surface area contributed by atoms with Crippen LogP contribution in [-0.2, 0) is 4.79 Å². The minimum Gasteiger partial charge on any atom is -0.398 e. The first-order valence-corrected chi connectivity index (χ1v) is 6.28. The van der Waals surface area contributed by atoms with Crippen molar-refractivity contribution in [3.05, 3.63) is 23.8 Å². The van der Waals surface area contributed by atoms with Crippen LogP contribution in [0.3, 0.4) is 0 Å². The summed E-state index contributed by atoms with van der Waals surface area (Å²) in [5.41, 5.74) is 7.41. The topological polar surface area (TPSA) is 84.2 Å². The Morgan fingerprint density at radius 1 is 1.21 bits per heavy atom. The first kappa shape index (κ1) is 15.0. The van der Waals surface area contributed by atoms with E-state index in [1.165, 1.54) is 6.92 Å². The maximum atomic E-state index is 11.8. The van der Waals surface area contributed by atoms with Gasteiger partial charge in [0.1, 0.15) is 6.04 Å². The van der Waals surface area contributed by atoms with E-state index in [0.717, 1.165) is 0 Å². The van der Waals surface area contributed by atoms with Crippen LogP contribution >= 0.6 is 0 Å². The number of nitrogens with one attached hydrogen (secondary N) is 2. The van der Waals surface area contributed by atoms with Gasteiger partial charge in [-0.05, 0) is 45.9 Å². The highest BCUT2D eigenvalue weighted by Crippen LogP contribution is 2.19. The van der Waals surface area contributed by atoms with Gasteiger partial charge in [0.05, 0.1) is 0 Å². The molecule has 0 bridgehead atoms. The molecule has 104 valence electrons. The number of amides is 1.